The van der Waals surface area contributed by atoms with Gasteiger partial charge in [-0.25, -0.2) is 0 Å². The van der Waals surface area contributed by atoms with Crippen LogP contribution < -0.4 is 4.90 Å². The first-order chi connectivity index (χ1) is 24.8. The molecule has 50 heavy (non-hydrogen) atoms. The molecule has 2 heteroatoms. The molecule has 1 aromatic heterocycles. The van der Waals surface area contributed by atoms with Crippen molar-refractivity contribution in [1.29, 1.82) is 0 Å². The standard InChI is InChI=1S/C48H35NS/c1-4-10-34(11-5-1)37-16-24-42(25-17-37)49(43-26-18-38(19-27-43)35-12-6-2-7-13-35)44-28-20-39(21-29-44)41-23-31-48-46(33-41)45-32-40(22-30-47(45)50-48)36-14-8-3-9-15-36/h1-32,41H,33H2. The molecule has 1 heterocycles. The molecule has 1 aliphatic carbocycles. The first-order valence-corrected chi connectivity index (χ1v) is 18.1. The van der Waals surface area contributed by atoms with E-state index in [1.165, 1.54) is 59.5 Å². The van der Waals surface area contributed by atoms with Crippen LogP contribution in [0.4, 0.5) is 17.1 Å². The summed E-state index contributed by atoms with van der Waals surface area (Å²) < 4.78 is 1.36. The lowest BCUT2D eigenvalue weighted by molar-refractivity contribution is 0.837. The Kier molecular flexibility index (Phi) is 7.93. The van der Waals surface area contributed by atoms with Crippen molar-refractivity contribution in [2.24, 2.45) is 0 Å². The van der Waals surface area contributed by atoms with Gasteiger partial charge in [-0.3, -0.25) is 0 Å². The summed E-state index contributed by atoms with van der Waals surface area (Å²) in [4.78, 5) is 3.75. The third-order valence-corrected chi connectivity index (χ3v) is 11.1. The summed E-state index contributed by atoms with van der Waals surface area (Å²) in [5.74, 6) is 0.332. The molecule has 7 aromatic carbocycles. The Morgan fingerprint density at radius 2 is 0.880 bits per heavy atom. The van der Waals surface area contributed by atoms with E-state index in [9.17, 15) is 0 Å². The maximum atomic E-state index is 2.40. The minimum atomic E-state index is 0.332. The Morgan fingerprint density at radius 3 is 1.40 bits per heavy atom. The predicted molar refractivity (Wildman–Crippen MR) is 215 cm³/mol. The fraction of sp³-hybridized carbons (Fsp3) is 0.0417. The highest BCUT2D eigenvalue weighted by Crippen LogP contribution is 2.42. The van der Waals surface area contributed by atoms with E-state index in [4.69, 9.17) is 0 Å². The molecule has 0 saturated heterocycles. The number of benzene rings is 7. The van der Waals surface area contributed by atoms with Gasteiger partial charge in [0.05, 0.1) is 0 Å². The van der Waals surface area contributed by atoms with E-state index < -0.39 is 0 Å². The number of thiophene rings is 1. The van der Waals surface area contributed by atoms with Gasteiger partial charge in [0, 0.05) is 32.6 Å². The van der Waals surface area contributed by atoms with Crippen molar-refractivity contribution in [3.63, 3.8) is 0 Å². The molecule has 0 N–H and O–H groups in total. The third-order valence-electron chi connectivity index (χ3n) is 9.88. The van der Waals surface area contributed by atoms with Crippen LogP contribution in [0.3, 0.4) is 0 Å². The Balaban J connectivity index is 1.03. The Morgan fingerprint density at radius 1 is 0.440 bits per heavy atom. The van der Waals surface area contributed by atoms with Crippen LogP contribution in [-0.4, -0.2) is 0 Å². The topological polar surface area (TPSA) is 3.24 Å². The zero-order chi connectivity index (χ0) is 33.3. The normalized spacial score (nSPS) is 13.6. The zero-order valence-electron chi connectivity index (χ0n) is 27.6. The van der Waals surface area contributed by atoms with Crippen LogP contribution in [0.1, 0.15) is 21.9 Å². The van der Waals surface area contributed by atoms with Gasteiger partial charge in [0.1, 0.15) is 0 Å². The summed E-state index contributed by atoms with van der Waals surface area (Å²) in [7, 11) is 0. The molecule has 9 rings (SSSR count). The van der Waals surface area contributed by atoms with Crippen LogP contribution in [0, 0.1) is 0 Å². The average Bonchev–Trinajstić information content (AvgIpc) is 3.57. The Bertz CT molecular complexity index is 2320. The van der Waals surface area contributed by atoms with E-state index in [0.717, 1.165) is 23.5 Å². The second kappa shape index (κ2) is 13.2. The monoisotopic (exact) mass is 657 g/mol. The van der Waals surface area contributed by atoms with E-state index in [0.29, 0.717) is 5.92 Å². The first-order valence-electron chi connectivity index (χ1n) is 17.3. The minimum Gasteiger partial charge on any atom is -0.311 e. The van der Waals surface area contributed by atoms with Crippen LogP contribution in [0.15, 0.2) is 188 Å². The van der Waals surface area contributed by atoms with Crippen LogP contribution in [-0.2, 0) is 6.42 Å². The molecular weight excluding hydrogens is 623 g/mol. The first kappa shape index (κ1) is 30.1. The molecule has 0 saturated carbocycles. The van der Waals surface area contributed by atoms with E-state index in [1.54, 1.807) is 0 Å². The molecule has 1 atom stereocenters. The second-order valence-corrected chi connectivity index (χ2v) is 14.0. The third kappa shape index (κ3) is 5.85. The van der Waals surface area contributed by atoms with E-state index in [1.807, 2.05) is 11.3 Å². The fourth-order valence-corrected chi connectivity index (χ4v) is 8.36. The number of hydrogen-bond acceptors (Lipinski definition) is 2. The smallest absolute Gasteiger partial charge is 0.0462 e. The second-order valence-electron chi connectivity index (χ2n) is 12.9. The molecule has 238 valence electrons. The molecular formula is C48H35NS. The van der Waals surface area contributed by atoms with E-state index >= 15 is 0 Å². The zero-order valence-corrected chi connectivity index (χ0v) is 28.4. The highest BCUT2D eigenvalue weighted by atomic mass is 32.1. The lowest BCUT2D eigenvalue weighted by Crippen LogP contribution is -2.10. The summed E-state index contributed by atoms with van der Waals surface area (Å²) in [6, 6.07) is 65.9. The van der Waals surface area contributed by atoms with Crippen molar-refractivity contribution in [3.05, 3.63) is 204 Å². The van der Waals surface area contributed by atoms with Crippen molar-refractivity contribution in [2.45, 2.75) is 12.3 Å². The van der Waals surface area contributed by atoms with Crippen molar-refractivity contribution in [1.82, 2.24) is 0 Å². The summed E-state index contributed by atoms with van der Waals surface area (Å²) in [5, 5.41) is 1.39. The highest BCUT2D eigenvalue weighted by Gasteiger charge is 2.21. The number of allylic oxidation sites excluding steroid dienone is 1. The van der Waals surface area contributed by atoms with Crippen LogP contribution in [0.2, 0.25) is 0 Å². The lowest BCUT2D eigenvalue weighted by Gasteiger charge is -2.27. The van der Waals surface area contributed by atoms with Gasteiger partial charge in [0.25, 0.3) is 0 Å². The maximum absolute atomic E-state index is 2.40. The van der Waals surface area contributed by atoms with Gasteiger partial charge in [0.15, 0.2) is 0 Å². The predicted octanol–water partition coefficient (Wildman–Crippen LogP) is 13.7. The summed E-state index contributed by atoms with van der Waals surface area (Å²) in [6.45, 7) is 0. The van der Waals surface area contributed by atoms with Crippen molar-refractivity contribution in [2.75, 3.05) is 4.90 Å². The van der Waals surface area contributed by atoms with Gasteiger partial charge in [-0.1, -0.05) is 140 Å². The van der Waals surface area contributed by atoms with E-state index in [-0.39, 0.29) is 0 Å². The van der Waals surface area contributed by atoms with Gasteiger partial charge in [-0.2, -0.15) is 0 Å². The Hall–Kier alpha value is -5.96. The molecule has 0 spiro atoms. The number of nitrogens with zero attached hydrogens (tertiary/aromatic N) is 1. The molecule has 1 unspecified atom stereocenters. The molecule has 0 radical (unpaired) electrons. The molecule has 1 aliphatic rings. The van der Waals surface area contributed by atoms with Gasteiger partial charge < -0.3 is 4.90 Å². The van der Waals surface area contributed by atoms with E-state index in [2.05, 4.69) is 199 Å². The van der Waals surface area contributed by atoms with Crippen LogP contribution in [0.5, 0.6) is 0 Å². The quantitative estimate of drug-likeness (QED) is 0.165. The largest absolute Gasteiger partial charge is 0.311 e. The SMILES string of the molecule is C1=CC(c2ccc(N(c3ccc(-c4ccccc4)cc3)c3ccc(-c4ccccc4)cc3)cc2)Cc2c1sc1ccc(-c3ccccc3)cc21. The van der Waals surface area contributed by atoms with Gasteiger partial charge in [0.2, 0.25) is 0 Å². The maximum Gasteiger partial charge on any atom is 0.0462 e. The number of hydrogen-bond donors (Lipinski definition) is 0. The molecule has 0 bridgehead atoms. The van der Waals surface area contributed by atoms with Crippen LogP contribution >= 0.6 is 11.3 Å². The molecule has 0 fully saturated rings. The average molecular weight is 658 g/mol. The highest BCUT2D eigenvalue weighted by molar-refractivity contribution is 7.20. The van der Waals surface area contributed by atoms with Crippen molar-refractivity contribution in [3.8, 4) is 33.4 Å². The fourth-order valence-electron chi connectivity index (χ4n) is 7.23. The number of anilines is 3. The summed E-state index contributed by atoms with van der Waals surface area (Å²) in [5.41, 5.74) is 13.6. The summed E-state index contributed by atoms with van der Waals surface area (Å²) in [6.07, 6.45) is 5.75. The van der Waals surface area contributed by atoms with Gasteiger partial charge in [-0.05, 0) is 111 Å². The van der Waals surface area contributed by atoms with Crippen LogP contribution in [0.25, 0.3) is 49.5 Å². The molecule has 0 amide bonds. The minimum absolute atomic E-state index is 0.332. The summed E-state index contributed by atoms with van der Waals surface area (Å²) >= 11 is 1.91. The number of fused-ring (bicyclic) bond motifs is 3. The number of rotatable bonds is 7. The van der Waals surface area contributed by atoms with Gasteiger partial charge in [-0.15, -0.1) is 11.3 Å². The molecule has 0 aliphatic heterocycles. The molecule has 8 aromatic rings. The molecule has 1 nitrogen and oxygen atoms in total. The van der Waals surface area contributed by atoms with Crippen molar-refractivity contribution >= 4 is 44.6 Å². The van der Waals surface area contributed by atoms with Gasteiger partial charge >= 0.3 is 0 Å². The lowest BCUT2D eigenvalue weighted by atomic mass is 9.86. The Labute approximate surface area is 298 Å². The van der Waals surface area contributed by atoms with Crippen molar-refractivity contribution < 1.29 is 0 Å².